The lowest BCUT2D eigenvalue weighted by Crippen LogP contribution is -2.55. The Labute approximate surface area is 414 Å². The Kier molecular flexibility index (Phi) is 14.8. The summed E-state index contributed by atoms with van der Waals surface area (Å²) in [5.74, 6) is -0.628. The fourth-order valence-electron chi connectivity index (χ4n) is 10.3. The number of nitro benzene ring substituents is 1. The lowest BCUT2D eigenvalue weighted by molar-refractivity contribution is -0.385. The van der Waals surface area contributed by atoms with Crippen LogP contribution in [0.25, 0.3) is 34.4 Å². The molecule has 4 aromatic carbocycles. The van der Waals surface area contributed by atoms with Crippen molar-refractivity contribution in [2.24, 2.45) is 0 Å². The number of fused-ring (bicyclic) bond motifs is 4. The van der Waals surface area contributed by atoms with Crippen LogP contribution in [0.5, 0.6) is 0 Å². The molecule has 12 nitrogen and oxygen atoms in total. The number of nitrogens with two attached hydrogens (primary N) is 1. The van der Waals surface area contributed by atoms with Crippen molar-refractivity contribution >= 4 is 58.5 Å². The van der Waals surface area contributed by atoms with Crippen LogP contribution in [0.3, 0.4) is 0 Å². The molecule has 0 spiro atoms. The van der Waals surface area contributed by atoms with E-state index in [1.54, 1.807) is 67.3 Å². The summed E-state index contributed by atoms with van der Waals surface area (Å²) >= 11 is 12.8. The van der Waals surface area contributed by atoms with E-state index in [1.165, 1.54) is 42.5 Å². The number of carbonyl (C=O) groups excluding carboxylic acids is 2. The molecule has 4 aliphatic heterocycles. The molecular weight excluding hydrogens is 934 g/mol. The first-order chi connectivity index (χ1) is 33.9. The van der Waals surface area contributed by atoms with Gasteiger partial charge in [0, 0.05) is 134 Å². The predicted molar refractivity (Wildman–Crippen MR) is 269 cm³/mol. The van der Waals surface area contributed by atoms with E-state index in [-0.39, 0.29) is 58.3 Å². The van der Waals surface area contributed by atoms with Crippen LogP contribution in [0.15, 0.2) is 134 Å². The van der Waals surface area contributed by atoms with Gasteiger partial charge in [-0.05, 0) is 109 Å². The van der Waals surface area contributed by atoms with Gasteiger partial charge in [0.2, 0.25) is 11.8 Å². The van der Waals surface area contributed by atoms with Crippen LogP contribution >= 0.6 is 23.2 Å². The summed E-state index contributed by atoms with van der Waals surface area (Å²) in [5.41, 5.74) is 12.8. The normalized spacial score (nSPS) is 19.9. The molecule has 16 heteroatoms. The van der Waals surface area contributed by atoms with Crippen molar-refractivity contribution in [1.29, 1.82) is 0 Å². The minimum Gasteiger partial charge on any atom is -0.398 e. The lowest BCUT2D eigenvalue weighted by Gasteiger charge is -2.40. The number of halogens is 4. The Balaban J connectivity index is 0.000000174. The van der Waals surface area contributed by atoms with Gasteiger partial charge in [0.05, 0.1) is 20.5 Å². The highest BCUT2D eigenvalue weighted by Crippen LogP contribution is 2.37. The number of rotatable bonds is 11. The molecule has 0 aliphatic carbocycles. The number of hydrogen-bond acceptors (Lipinski definition) is 9. The molecule has 4 bridgehead atoms. The van der Waals surface area contributed by atoms with Crippen molar-refractivity contribution < 1.29 is 23.3 Å². The van der Waals surface area contributed by atoms with Crippen molar-refractivity contribution in [2.45, 2.75) is 62.9 Å². The Hall–Kier alpha value is -6.84. The minimum atomic E-state index is -0.499. The topological polar surface area (TPSA) is 142 Å². The van der Waals surface area contributed by atoms with Gasteiger partial charge in [-0.3, -0.25) is 39.5 Å². The number of nitrogens with zero attached hydrogens (tertiary/aromatic N) is 7. The third kappa shape index (κ3) is 11.1. The van der Waals surface area contributed by atoms with E-state index in [2.05, 4.69) is 19.8 Å². The molecule has 6 heterocycles. The molecular formula is C54H50Cl2F2N8O4. The van der Waals surface area contributed by atoms with Crippen LogP contribution < -0.4 is 5.73 Å². The smallest absolute Gasteiger partial charge is 0.278 e. The number of nitro groups is 1. The van der Waals surface area contributed by atoms with E-state index in [0.29, 0.717) is 28.4 Å². The molecule has 358 valence electrons. The Morgan fingerprint density at radius 2 is 1.06 bits per heavy atom. The number of amides is 2. The molecule has 4 fully saturated rings. The van der Waals surface area contributed by atoms with Crippen LogP contribution in [0, 0.1) is 21.7 Å². The van der Waals surface area contributed by atoms with Gasteiger partial charge in [0.1, 0.15) is 11.6 Å². The summed E-state index contributed by atoms with van der Waals surface area (Å²) in [6.45, 7) is 4.59. The maximum Gasteiger partial charge on any atom is 0.278 e. The number of piperazine rings is 2. The van der Waals surface area contributed by atoms with Crippen molar-refractivity contribution in [3.05, 3.63) is 188 Å². The van der Waals surface area contributed by atoms with Gasteiger partial charge in [-0.2, -0.15) is 0 Å². The van der Waals surface area contributed by atoms with Crippen LogP contribution in [0.1, 0.15) is 47.9 Å². The lowest BCUT2D eigenvalue weighted by atomic mass is 10.0. The van der Waals surface area contributed by atoms with E-state index in [9.17, 15) is 28.5 Å². The first-order valence-electron chi connectivity index (χ1n) is 23.2. The summed E-state index contributed by atoms with van der Waals surface area (Å²) in [4.78, 5) is 54.4. The molecule has 70 heavy (non-hydrogen) atoms. The molecule has 4 atom stereocenters. The van der Waals surface area contributed by atoms with Crippen LogP contribution in [0.4, 0.5) is 20.2 Å². The number of hydrogen-bond donors (Lipinski definition) is 1. The summed E-state index contributed by atoms with van der Waals surface area (Å²) in [7, 11) is 0. The van der Waals surface area contributed by atoms with E-state index < -0.39 is 4.92 Å². The first-order valence-corrected chi connectivity index (χ1v) is 23.9. The second-order valence-electron chi connectivity index (χ2n) is 18.2. The zero-order valence-electron chi connectivity index (χ0n) is 38.1. The molecule has 10 rings (SSSR count). The van der Waals surface area contributed by atoms with Gasteiger partial charge in [-0.1, -0.05) is 59.6 Å². The minimum absolute atomic E-state index is 0.00575. The number of carbonyl (C=O) groups is 2. The quantitative estimate of drug-likeness (QED) is 0.0581. The second-order valence-corrected chi connectivity index (χ2v) is 19.0. The average molecular weight is 984 g/mol. The number of pyridine rings is 2. The number of anilines is 1. The van der Waals surface area contributed by atoms with E-state index in [4.69, 9.17) is 28.9 Å². The average Bonchev–Trinajstić information content (AvgIpc) is 3.79. The number of benzene rings is 4. The van der Waals surface area contributed by atoms with Crippen molar-refractivity contribution in [3.63, 3.8) is 0 Å². The zero-order valence-corrected chi connectivity index (χ0v) is 39.6. The molecule has 4 aliphatic rings. The SMILES string of the molecule is Nc1cc(Cl)c(-c2cccnc2)cc1/C=C/C(=O)N1C2CCC1CN(Cc1ccc(F)cc1)C2.O=C(/C=C/c1cc(-c2cccnc2)c(Cl)cc1[N+](=O)[O-])N1C2CCC1CN(Cc1ccc(F)cc1)C2. The van der Waals surface area contributed by atoms with Gasteiger partial charge >= 0.3 is 0 Å². The Morgan fingerprint density at radius 3 is 1.47 bits per heavy atom. The number of nitrogen functional groups attached to an aromatic ring is 1. The third-order valence-corrected chi connectivity index (χ3v) is 14.1. The molecule has 4 saturated heterocycles. The van der Waals surface area contributed by atoms with E-state index >= 15 is 0 Å². The van der Waals surface area contributed by atoms with Gasteiger partial charge in [-0.15, -0.1) is 0 Å². The molecule has 0 saturated carbocycles. The van der Waals surface area contributed by atoms with Crippen LogP contribution in [-0.2, 0) is 22.7 Å². The molecule has 2 amide bonds. The highest BCUT2D eigenvalue weighted by molar-refractivity contribution is 6.34. The van der Waals surface area contributed by atoms with Crippen LogP contribution in [-0.4, -0.2) is 96.7 Å². The molecule has 2 aromatic heterocycles. The Morgan fingerprint density at radius 1 is 0.643 bits per heavy atom. The maximum atomic E-state index is 13.2. The van der Waals surface area contributed by atoms with Gasteiger partial charge in [0.25, 0.3) is 5.69 Å². The molecule has 0 radical (unpaired) electrons. The monoisotopic (exact) mass is 982 g/mol. The van der Waals surface area contributed by atoms with Gasteiger partial charge in [0.15, 0.2) is 0 Å². The Bertz CT molecular complexity index is 2900. The second kappa shape index (κ2) is 21.4. The standard InChI is InChI=1S/C27H24ClFN4O3.C27H26ClFN4O/c28-25-13-26(33(35)36)19(12-24(25)20-2-1-11-30-14-20)5-10-27(34)32-22-8-9-23(32)17-31(16-22)15-18-3-6-21(29)7-4-18;28-25-13-26(30)19(12-24(25)20-2-1-11-31-14-20)5-10-27(34)33-22-8-9-23(33)17-32(16-22)15-18-3-6-21(29)7-4-18/h1-7,10-14,22-23H,8-9,15-17H2;1-7,10-14,22-23H,8-9,15-17,30H2/b2*10-5+. The van der Waals surface area contributed by atoms with Crippen LogP contribution in [0.2, 0.25) is 10.0 Å². The number of aromatic nitrogens is 2. The summed E-state index contributed by atoms with van der Waals surface area (Å²) < 4.78 is 26.4. The fraction of sp³-hybridized carbons (Fsp3) is 0.259. The predicted octanol–water partition coefficient (Wildman–Crippen LogP) is 10.3. The third-order valence-electron chi connectivity index (χ3n) is 13.5. The summed E-state index contributed by atoms with van der Waals surface area (Å²) in [6, 6.07) is 27.6. The maximum absolute atomic E-state index is 13.2. The van der Waals surface area contributed by atoms with Crippen molar-refractivity contribution in [3.8, 4) is 22.3 Å². The van der Waals surface area contributed by atoms with E-state index in [1.807, 2.05) is 46.2 Å². The highest BCUT2D eigenvalue weighted by atomic mass is 35.5. The molecule has 4 unspecified atom stereocenters. The highest BCUT2D eigenvalue weighted by Gasteiger charge is 2.43. The van der Waals surface area contributed by atoms with Crippen molar-refractivity contribution in [1.82, 2.24) is 29.6 Å². The molecule has 2 N–H and O–H groups in total. The fourth-order valence-corrected chi connectivity index (χ4v) is 10.8. The van der Waals surface area contributed by atoms with Gasteiger partial charge in [-0.25, -0.2) is 8.78 Å². The zero-order chi connectivity index (χ0) is 48.9. The van der Waals surface area contributed by atoms with E-state index in [0.717, 1.165) is 91.8 Å². The number of likely N-dealkylation sites (tertiary alicyclic amines) is 2. The molecule has 6 aromatic rings. The first kappa shape index (κ1) is 48.2. The summed E-state index contributed by atoms with van der Waals surface area (Å²) in [6.07, 6.45) is 16.9. The van der Waals surface area contributed by atoms with Gasteiger partial charge < -0.3 is 15.5 Å². The van der Waals surface area contributed by atoms with Crippen molar-refractivity contribution in [2.75, 3.05) is 31.9 Å². The summed E-state index contributed by atoms with van der Waals surface area (Å²) in [5, 5.41) is 12.5. The largest absolute Gasteiger partial charge is 0.398 e.